The van der Waals surface area contributed by atoms with Crippen LogP contribution in [-0.4, -0.2) is 0 Å². The molecule has 0 fully saturated rings. The number of halogens is 1. The van der Waals surface area contributed by atoms with Gasteiger partial charge in [0.15, 0.2) is 0 Å². The SMILES string of the molecule is Cc1ccc(-c2c(C)cc(Br)c3c2CC=C3)cc1. The van der Waals surface area contributed by atoms with Crippen molar-refractivity contribution in [3.05, 3.63) is 63.1 Å². The minimum Gasteiger partial charge on any atom is -0.0794 e. The van der Waals surface area contributed by atoms with Gasteiger partial charge in [-0.1, -0.05) is 57.9 Å². The molecular formula is C17H15Br. The van der Waals surface area contributed by atoms with Gasteiger partial charge in [-0.15, -0.1) is 0 Å². The minimum absolute atomic E-state index is 1.04. The number of benzene rings is 2. The third-order valence-corrected chi connectivity index (χ3v) is 4.22. The van der Waals surface area contributed by atoms with E-state index >= 15 is 0 Å². The van der Waals surface area contributed by atoms with Crippen molar-refractivity contribution in [1.82, 2.24) is 0 Å². The van der Waals surface area contributed by atoms with Crippen LogP contribution in [0.25, 0.3) is 17.2 Å². The molecule has 1 heteroatoms. The molecule has 0 aliphatic heterocycles. The molecule has 1 aliphatic carbocycles. The number of hydrogen-bond acceptors (Lipinski definition) is 0. The van der Waals surface area contributed by atoms with E-state index in [2.05, 4.69) is 72.3 Å². The van der Waals surface area contributed by atoms with E-state index in [4.69, 9.17) is 0 Å². The Balaban J connectivity index is 2.25. The number of fused-ring (bicyclic) bond motifs is 1. The highest BCUT2D eigenvalue weighted by molar-refractivity contribution is 9.10. The average molecular weight is 299 g/mol. The maximum absolute atomic E-state index is 3.67. The Kier molecular flexibility index (Phi) is 2.87. The first-order valence-electron chi connectivity index (χ1n) is 6.22. The number of rotatable bonds is 1. The maximum atomic E-state index is 3.67. The number of allylic oxidation sites excluding steroid dienone is 1. The van der Waals surface area contributed by atoms with Crippen molar-refractivity contribution in [3.63, 3.8) is 0 Å². The Morgan fingerprint density at radius 1 is 1.06 bits per heavy atom. The van der Waals surface area contributed by atoms with Gasteiger partial charge in [-0.2, -0.15) is 0 Å². The van der Waals surface area contributed by atoms with Crippen molar-refractivity contribution < 1.29 is 0 Å². The Morgan fingerprint density at radius 3 is 2.50 bits per heavy atom. The van der Waals surface area contributed by atoms with E-state index in [9.17, 15) is 0 Å². The molecule has 2 aromatic carbocycles. The molecule has 2 aromatic rings. The van der Waals surface area contributed by atoms with Gasteiger partial charge in [0, 0.05) is 4.47 Å². The Bertz CT molecular complexity index is 634. The predicted molar refractivity (Wildman–Crippen MR) is 81.8 cm³/mol. The Hall–Kier alpha value is -1.34. The summed E-state index contributed by atoms with van der Waals surface area (Å²) in [5.74, 6) is 0. The Labute approximate surface area is 116 Å². The monoisotopic (exact) mass is 298 g/mol. The van der Waals surface area contributed by atoms with Crippen molar-refractivity contribution in [1.29, 1.82) is 0 Å². The van der Waals surface area contributed by atoms with Crippen molar-refractivity contribution in [2.45, 2.75) is 20.3 Å². The normalized spacial score (nSPS) is 12.8. The zero-order chi connectivity index (χ0) is 12.7. The maximum Gasteiger partial charge on any atom is 0.0253 e. The topological polar surface area (TPSA) is 0 Å². The zero-order valence-electron chi connectivity index (χ0n) is 10.6. The van der Waals surface area contributed by atoms with Crippen LogP contribution in [0.3, 0.4) is 0 Å². The lowest BCUT2D eigenvalue weighted by Gasteiger charge is -2.14. The lowest BCUT2D eigenvalue weighted by Crippen LogP contribution is -1.94. The van der Waals surface area contributed by atoms with E-state index in [0.29, 0.717) is 0 Å². The average Bonchev–Trinajstić information content (AvgIpc) is 2.81. The van der Waals surface area contributed by atoms with E-state index in [1.54, 1.807) is 0 Å². The largest absolute Gasteiger partial charge is 0.0794 e. The van der Waals surface area contributed by atoms with Crippen LogP contribution in [0.1, 0.15) is 22.3 Å². The van der Waals surface area contributed by atoms with Gasteiger partial charge in [0.2, 0.25) is 0 Å². The summed E-state index contributed by atoms with van der Waals surface area (Å²) < 4.78 is 1.21. The van der Waals surface area contributed by atoms with Gasteiger partial charge in [-0.3, -0.25) is 0 Å². The first-order valence-corrected chi connectivity index (χ1v) is 7.01. The van der Waals surface area contributed by atoms with Crippen LogP contribution >= 0.6 is 15.9 Å². The summed E-state index contributed by atoms with van der Waals surface area (Å²) in [6.45, 7) is 4.32. The third-order valence-electron chi connectivity index (χ3n) is 3.57. The van der Waals surface area contributed by atoms with Crippen molar-refractivity contribution >= 4 is 22.0 Å². The molecule has 0 aromatic heterocycles. The van der Waals surface area contributed by atoms with Crippen LogP contribution < -0.4 is 0 Å². The summed E-state index contributed by atoms with van der Waals surface area (Å²) in [6.07, 6.45) is 5.50. The first kappa shape index (κ1) is 11.7. The molecule has 0 heterocycles. The highest BCUT2D eigenvalue weighted by atomic mass is 79.9. The fourth-order valence-corrected chi connectivity index (χ4v) is 3.38. The lowest BCUT2D eigenvalue weighted by molar-refractivity contribution is 1.27. The number of hydrogen-bond donors (Lipinski definition) is 0. The fourth-order valence-electron chi connectivity index (χ4n) is 2.67. The first-order chi connectivity index (χ1) is 8.66. The molecule has 0 unspecified atom stereocenters. The van der Waals surface area contributed by atoms with E-state index in [1.807, 2.05) is 0 Å². The van der Waals surface area contributed by atoms with Gasteiger partial charge < -0.3 is 0 Å². The molecule has 0 radical (unpaired) electrons. The zero-order valence-corrected chi connectivity index (χ0v) is 12.2. The second-order valence-corrected chi connectivity index (χ2v) is 5.77. The van der Waals surface area contributed by atoms with Crippen LogP contribution in [0.4, 0.5) is 0 Å². The molecule has 18 heavy (non-hydrogen) atoms. The molecule has 0 atom stereocenters. The molecule has 3 rings (SSSR count). The molecule has 0 amide bonds. The van der Waals surface area contributed by atoms with E-state index < -0.39 is 0 Å². The molecule has 0 bridgehead atoms. The van der Waals surface area contributed by atoms with Crippen LogP contribution in [0, 0.1) is 13.8 Å². The predicted octanol–water partition coefficient (Wildman–Crippen LogP) is 5.30. The third kappa shape index (κ3) is 1.83. The summed E-state index contributed by atoms with van der Waals surface area (Å²) in [7, 11) is 0. The van der Waals surface area contributed by atoms with Gasteiger partial charge in [0.25, 0.3) is 0 Å². The van der Waals surface area contributed by atoms with Gasteiger partial charge in [0.1, 0.15) is 0 Å². The van der Waals surface area contributed by atoms with Crippen LogP contribution in [0.5, 0.6) is 0 Å². The molecular weight excluding hydrogens is 284 g/mol. The molecule has 0 saturated heterocycles. The highest BCUT2D eigenvalue weighted by Crippen LogP contribution is 2.38. The molecule has 0 nitrogen and oxygen atoms in total. The summed E-state index contributed by atoms with van der Waals surface area (Å²) >= 11 is 3.67. The van der Waals surface area contributed by atoms with Gasteiger partial charge in [-0.05, 0) is 54.2 Å². The van der Waals surface area contributed by atoms with Crippen molar-refractivity contribution in [2.75, 3.05) is 0 Å². The fraction of sp³-hybridized carbons (Fsp3) is 0.176. The highest BCUT2D eigenvalue weighted by Gasteiger charge is 2.17. The second kappa shape index (κ2) is 4.40. The summed E-state index contributed by atoms with van der Waals surface area (Å²) in [4.78, 5) is 0. The van der Waals surface area contributed by atoms with Gasteiger partial charge in [-0.25, -0.2) is 0 Å². The summed E-state index contributed by atoms with van der Waals surface area (Å²) in [5, 5.41) is 0. The van der Waals surface area contributed by atoms with Crippen LogP contribution in [0.2, 0.25) is 0 Å². The lowest BCUT2D eigenvalue weighted by atomic mass is 9.92. The van der Waals surface area contributed by atoms with Crippen LogP contribution in [0.15, 0.2) is 40.9 Å². The second-order valence-electron chi connectivity index (χ2n) is 4.92. The standard InChI is InChI=1S/C17H15Br/c1-11-6-8-13(9-7-11)17-12(2)10-16(18)14-4-3-5-15(14)17/h3-4,6-10H,5H2,1-2H3. The number of aryl methyl sites for hydroxylation is 2. The van der Waals surface area contributed by atoms with Crippen LogP contribution in [-0.2, 0) is 6.42 Å². The minimum atomic E-state index is 1.04. The van der Waals surface area contributed by atoms with Crippen molar-refractivity contribution in [2.24, 2.45) is 0 Å². The molecule has 90 valence electrons. The smallest absolute Gasteiger partial charge is 0.0253 e. The quantitative estimate of drug-likeness (QED) is 0.670. The molecule has 0 spiro atoms. The van der Waals surface area contributed by atoms with Gasteiger partial charge in [0.05, 0.1) is 0 Å². The molecule has 0 saturated carbocycles. The summed E-state index contributed by atoms with van der Waals surface area (Å²) in [6, 6.07) is 11.1. The summed E-state index contributed by atoms with van der Waals surface area (Å²) in [5.41, 5.74) is 8.17. The molecule has 0 N–H and O–H groups in total. The molecule has 1 aliphatic rings. The van der Waals surface area contributed by atoms with E-state index in [1.165, 1.54) is 37.9 Å². The van der Waals surface area contributed by atoms with Gasteiger partial charge >= 0.3 is 0 Å². The Morgan fingerprint density at radius 2 is 1.78 bits per heavy atom. The van der Waals surface area contributed by atoms with E-state index in [0.717, 1.165) is 6.42 Å². The van der Waals surface area contributed by atoms with E-state index in [-0.39, 0.29) is 0 Å². The van der Waals surface area contributed by atoms with Crippen molar-refractivity contribution in [3.8, 4) is 11.1 Å².